The van der Waals surface area contributed by atoms with Crippen LogP contribution in [0.25, 0.3) is 0 Å². The Morgan fingerprint density at radius 1 is 1.71 bits per heavy atom. The Labute approximate surface area is 44.4 Å². The van der Waals surface area contributed by atoms with E-state index in [1.54, 1.807) is 0 Å². The highest BCUT2D eigenvalue weighted by Crippen LogP contribution is 1.70. The molecule has 2 nitrogen and oxygen atoms in total. The molecule has 0 saturated heterocycles. The maximum atomic E-state index is 6.61. The average Bonchev–Trinajstić information content (AvgIpc) is 1.61. The first-order valence-corrected chi connectivity index (χ1v) is 2.49. The van der Waals surface area contributed by atoms with E-state index in [1.165, 1.54) is 6.21 Å². The van der Waals surface area contributed by atoms with Crippen molar-refractivity contribution in [1.29, 1.82) is 5.41 Å². The summed E-state index contributed by atoms with van der Waals surface area (Å²) in [6, 6.07) is 0.501. The van der Waals surface area contributed by atoms with Gasteiger partial charge >= 0.3 is 0 Å². The molecule has 0 saturated carbocycles. The van der Waals surface area contributed by atoms with E-state index in [2.05, 4.69) is 19.2 Å². The van der Waals surface area contributed by atoms with Gasteiger partial charge in [-0.05, 0) is 0 Å². The third-order valence-corrected chi connectivity index (χ3v) is 0.628. The van der Waals surface area contributed by atoms with Gasteiger partial charge in [-0.3, -0.25) is 0 Å². The van der Waals surface area contributed by atoms with Crippen molar-refractivity contribution in [2.75, 3.05) is 6.54 Å². The van der Waals surface area contributed by atoms with Crippen LogP contribution in [0.5, 0.6) is 0 Å². The fourth-order valence-corrected chi connectivity index (χ4v) is 0.295. The Bertz CT molecular complexity index is 50.0. The van der Waals surface area contributed by atoms with Crippen molar-refractivity contribution >= 4 is 6.21 Å². The molecule has 0 aliphatic heterocycles. The summed E-state index contributed by atoms with van der Waals surface area (Å²) in [5, 5.41) is 9.66. The van der Waals surface area contributed by atoms with Gasteiger partial charge in [0, 0.05) is 18.8 Å². The average molecular weight is 100 g/mol. The van der Waals surface area contributed by atoms with Crippen molar-refractivity contribution in [3.8, 4) is 0 Å². The highest BCUT2D eigenvalue weighted by Gasteiger charge is 1.84. The van der Waals surface area contributed by atoms with Crippen LogP contribution < -0.4 is 5.32 Å². The summed E-state index contributed by atoms with van der Waals surface area (Å²) in [5.74, 6) is 0. The third kappa shape index (κ3) is 5.63. The van der Waals surface area contributed by atoms with Crippen LogP contribution >= 0.6 is 0 Å². The normalized spacial score (nSPS) is 9.57. The van der Waals surface area contributed by atoms with Crippen molar-refractivity contribution in [1.82, 2.24) is 5.32 Å². The Morgan fingerprint density at radius 3 is 2.43 bits per heavy atom. The molecule has 7 heavy (non-hydrogen) atoms. The van der Waals surface area contributed by atoms with Crippen LogP contribution in [0.15, 0.2) is 0 Å². The molecule has 0 aliphatic carbocycles. The molecule has 42 valence electrons. The summed E-state index contributed by atoms with van der Waals surface area (Å²) in [5.41, 5.74) is 0. The van der Waals surface area contributed by atoms with Gasteiger partial charge in [0.2, 0.25) is 0 Å². The van der Waals surface area contributed by atoms with Gasteiger partial charge in [0.05, 0.1) is 0 Å². The molecule has 0 spiro atoms. The lowest BCUT2D eigenvalue weighted by Crippen LogP contribution is -2.23. The molecule has 0 aromatic rings. The fraction of sp³-hybridized carbons (Fsp3) is 0.800. The molecule has 0 aliphatic rings. The van der Waals surface area contributed by atoms with Gasteiger partial charge in [-0.2, -0.15) is 0 Å². The topological polar surface area (TPSA) is 35.9 Å². The molecule has 0 aromatic carbocycles. The van der Waals surface area contributed by atoms with E-state index in [9.17, 15) is 0 Å². The Kier molecular flexibility index (Phi) is 3.61. The van der Waals surface area contributed by atoms with Crippen molar-refractivity contribution in [2.24, 2.45) is 0 Å². The molecule has 0 amide bonds. The minimum Gasteiger partial charge on any atom is -0.312 e. The number of hydrogen-bond donors (Lipinski definition) is 2. The standard InChI is InChI=1S/C5H12N2/c1-5(2)7-4-3-6/h3,5-7H,4H2,1-2H3. The lowest BCUT2D eigenvalue weighted by Gasteiger charge is -2.01. The molecule has 0 aromatic heterocycles. The van der Waals surface area contributed by atoms with Crippen LogP contribution in [0.1, 0.15) is 13.8 Å². The van der Waals surface area contributed by atoms with Gasteiger partial charge in [0.15, 0.2) is 0 Å². The lowest BCUT2D eigenvalue weighted by atomic mass is 10.4. The maximum Gasteiger partial charge on any atom is 0.0304 e. The van der Waals surface area contributed by atoms with E-state index in [0.29, 0.717) is 12.6 Å². The fourth-order valence-electron chi connectivity index (χ4n) is 0.295. The van der Waals surface area contributed by atoms with Crippen LogP contribution in [0, 0.1) is 5.41 Å². The van der Waals surface area contributed by atoms with E-state index in [1.807, 2.05) is 0 Å². The van der Waals surface area contributed by atoms with Gasteiger partial charge in [-0.15, -0.1) is 0 Å². The van der Waals surface area contributed by atoms with Gasteiger partial charge in [-0.1, -0.05) is 13.8 Å². The van der Waals surface area contributed by atoms with E-state index >= 15 is 0 Å². The molecule has 2 N–H and O–H groups in total. The Hall–Kier alpha value is -0.370. The lowest BCUT2D eigenvalue weighted by molar-refractivity contribution is 0.645. The van der Waals surface area contributed by atoms with E-state index < -0.39 is 0 Å². The summed E-state index contributed by atoms with van der Waals surface area (Å²) in [6.45, 7) is 4.81. The second-order valence-corrected chi connectivity index (χ2v) is 1.77. The number of rotatable bonds is 3. The van der Waals surface area contributed by atoms with Crippen LogP contribution in [0.2, 0.25) is 0 Å². The first-order valence-electron chi connectivity index (χ1n) is 2.49. The summed E-state index contributed by atoms with van der Waals surface area (Å²) < 4.78 is 0. The van der Waals surface area contributed by atoms with Crippen LogP contribution in [0.4, 0.5) is 0 Å². The molecule has 0 atom stereocenters. The zero-order chi connectivity index (χ0) is 5.70. The van der Waals surface area contributed by atoms with Crippen LogP contribution in [-0.4, -0.2) is 18.8 Å². The molecule has 0 bridgehead atoms. The zero-order valence-electron chi connectivity index (χ0n) is 4.86. The molecule has 0 fully saturated rings. The Balaban J connectivity index is 2.81. The predicted octanol–water partition coefficient (Wildman–Crippen LogP) is 0.634. The second-order valence-electron chi connectivity index (χ2n) is 1.77. The van der Waals surface area contributed by atoms with Gasteiger partial charge < -0.3 is 10.7 Å². The number of hydrogen-bond acceptors (Lipinski definition) is 2. The zero-order valence-corrected chi connectivity index (χ0v) is 4.86. The molecule has 0 rings (SSSR count). The van der Waals surface area contributed by atoms with Gasteiger partial charge in [0.25, 0.3) is 0 Å². The highest BCUT2D eigenvalue weighted by atomic mass is 14.9. The van der Waals surface area contributed by atoms with E-state index in [0.717, 1.165) is 0 Å². The molecule has 0 radical (unpaired) electrons. The highest BCUT2D eigenvalue weighted by molar-refractivity contribution is 5.55. The van der Waals surface area contributed by atoms with Gasteiger partial charge in [0.1, 0.15) is 0 Å². The first kappa shape index (κ1) is 6.63. The second kappa shape index (κ2) is 3.81. The molecular weight excluding hydrogens is 88.1 g/mol. The van der Waals surface area contributed by atoms with Crippen molar-refractivity contribution in [3.63, 3.8) is 0 Å². The minimum atomic E-state index is 0.501. The van der Waals surface area contributed by atoms with E-state index in [4.69, 9.17) is 5.41 Å². The van der Waals surface area contributed by atoms with Crippen molar-refractivity contribution in [2.45, 2.75) is 19.9 Å². The minimum absolute atomic E-state index is 0.501. The number of nitrogens with one attached hydrogen (secondary N) is 2. The Morgan fingerprint density at radius 2 is 2.29 bits per heavy atom. The maximum absolute atomic E-state index is 6.61. The third-order valence-electron chi connectivity index (χ3n) is 0.628. The summed E-state index contributed by atoms with van der Waals surface area (Å²) >= 11 is 0. The molecule has 0 heterocycles. The van der Waals surface area contributed by atoms with Crippen molar-refractivity contribution < 1.29 is 0 Å². The van der Waals surface area contributed by atoms with Gasteiger partial charge in [-0.25, -0.2) is 0 Å². The predicted molar refractivity (Wildman–Crippen MR) is 31.9 cm³/mol. The first-order chi connectivity index (χ1) is 3.27. The SMILES string of the molecule is CC(C)NCC=N. The smallest absolute Gasteiger partial charge is 0.0304 e. The van der Waals surface area contributed by atoms with E-state index in [-0.39, 0.29) is 0 Å². The van der Waals surface area contributed by atoms with Crippen LogP contribution in [-0.2, 0) is 0 Å². The molecule has 2 heteroatoms. The summed E-state index contributed by atoms with van der Waals surface area (Å²) in [4.78, 5) is 0. The van der Waals surface area contributed by atoms with Crippen LogP contribution in [0.3, 0.4) is 0 Å². The molecule has 0 unspecified atom stereocenters. The quantitative estimate of drug-likeness (QED) is 0.501. The molecular formula is C5H12N2. The largest absolute Gasteiger partial charge is 0.312 e. The summed E-state index contributed by atoms with van der Waals surface area (Å²) in [7, 11) is 0. The van der Waals surface area contributed by atoms with Crippen molar-refractivity contribution in [3.05, 3.63) is 0 Å². The summed E-state index contributed by atoms with van der Waals surface area (Å²) in [6.07, 6.45) is 1.36. The monoisotopic (exact) mass is 100 g/mol.